The minimum absolute atomic E-state index is 0.0360. The quantitative estimate of drug-likeness (QED) is 0.527. The molecule has 3 amide bonds. The predicted octanol–water partition coefficient (Wildman–Crippen LogP) is 3.79. The van der Waals surface area contributed by atoms with Gasteiger partial charge >= 0.3 is 0 Å². The van der Waals surface area contributed by atoms with Crippen molar-refractivity contribution in [2.24, 2.45) is 0 Å². The number of piperidine rings is 1. The number of likely N-dealkylation sites (tertiary alicyclic amines) is 1. The van der Waals surface area contributed by atoms with Crippen LogP contribution in [-0.4, -0.2) is 66.1 Å². The van der Waals surface area contributed by atoms with E-state index >= 15 is 0 Å². The number of benzene rings is 3. The second-order valence-electron chi connectivity index (χ2n) is 9.99. The second kappa shape index (κ2) is 11.3. The van der Waals surface area contributed by atoms with Crippen LogP contribution in [-0.2, 0) is 16.1 Å². The van der Waals surface area contributed by atoms with Crippen molar-refractivity contribution in [3.63, 3.8) is 0 Å². The summed E-state index contributed by atoms with van der Waals surface area (Å²) in [6.07, 6.45) is 0.823. The smallest absolute Gasteiger partial charge is 0.256 e. The average Bonchev–Trinajstić information content (AvgIpc) is 3.34. The summed E-state index contributed by atoms with van der Waals surface area (Å²) in [5, 5.41) is 2.97. The molecule has 2 saturated heterocycles. The van der Waals surface area contributed by atoms with Gasteiger partial charge in [0.15, 0.2) is 0 Å². The zero-order valence-corrected chi connectivity index (χ0v) is 22.3. The molecule has 0 unspecified atom stereocenters. The Morgan fingerprint density at radius 3 is 2.26 bits per heavy atom. The van der Waals surface area contributed by atoms with Gasteiger partial charge in [-0.2, -0.15) is 0 Å². The molecular formula is C31H33N3O5. The van der Waals surface area contributed by atoms with Gasteiger partial charge in [0.05, 0.1) is 13.7 Å². The molecule has 2 heterocycles. The van der Waals surface area contributed by atoms with Crippen molar-refractivity contribution in [1.29, 1.82) is 0 Å². The van der Waals surface area contributed by atoms with Crippen LogP contribution in [0.2, 0.25) is 0 Å². The third-order valence-electron chi connectivity index (χ3n) is 7.64. The fraction of sp³-hybridized carbons (Fsp3) is 0.323. The van der Waals surface area contributed by atoms with Crippen molar-refractivity contribution >= 4 is 17.7 Å². The molecule has 0 radical (unpaired) electrons. The number of amides is 3. The van der Waals surface area contributed by atoms with Crippen LogP contribution in [0.1, 0.15) is 44.7 Å². The van der Waals surface area contributed by atoms with Crippen molar-refractivity contribution in [3.05, 3.63) is 101 Å². The molecule has 8 heteroatoms. The number of ether oxygens (including phenoxy) is 2. The van der Waals surface area contributed by atoms with Gasteiger partial charge in [-0.25, -0.2) is 0 Å². The standard InChI is InChI=1S/C31H33N3O5/c1-22-8-6-7-11-26(22)30(37)33-18-16-31(17-19-33)34(29(36)24-12-14-25(38-2)15-13-24)27(21-39-31)28(35)32-20-23-9-4-3-5-10-23/h3-15,27H,16-21H2,1-2H3,(H,32,35)/t27-/m1/s1. The molecular weight excluding hydrogens is 494 g/mol. The van der Waals surface area contributed by atoms with Crippen LogP contribution in [0.4, 0.5) is 0 Å². The maximum Gasteiger partial charge on any atom is 0.256 e. The van der Waals surface area contributed by atoms with Crippen LogP contribution in [0.25, 0.3) is 0 Å². The molecule has 0 bridgehead atoms. The lowest BCUT2D eigenvalue weighted by Gasteiger charge is -2.44. The molecule has 0 aromatic heterocycles. The number of methoxy groups -OCH3 is 1. The second-order valence-corrected chi connectivity index (χ2v) is 9.99. The van der Waals surface area contributed by atoms with E-state index < -0.39 is 11.8 Å². The van der Waals surface area contributed by atoms with Crippen molar-refractivity contribution in [3.8, 4) is 5.75 Å². The Morgan fingerprint density at radius 1 is 0.923 bits per heavy atom. The Hall–Kier alpha value is -4.17. The molecule has 3 aromatic rings. The summed E-state index contributed by atoms with van der Waals surface area (Å²) >= 11 is 0. The van der Waals surface area contributed by atoms with Crippen molar-refractivity contribution in [2.45, 2.75) is 38.1 Å². The molecule has 202 valence electrons. The number of hydrogen-bond acceptors (Lipinski definition) is 5. The number of rotatable bonds is 6. The van der Waals surface area contributed by atoms with Gasteiger partial charge in [0.25, 0.3) is 11.8 Å². The van der Waals surface area contributed by atoms with Crippen molar-refractivity contribution in [2.75, 3.05) is 26.8 Å². The molecule has 1 atom stereocenters. The number of aryl methyl sites for hydroxylation is 1. The van der Waals surface area contributed by atoms with Gasteiger partial charge in [0.2, 0.25) is 5.91 Å². The Balaban J connectivity index is 1.37. The molecule has 39 heavy (non-hydrogen) atoms. The summed E-state index contributed by atoms with van der Waals surface area (Å²) in [4.78, 5) is 44.0. The highest BCUT2D eigenvalue weighted by Crippen LogP contribution is 2.39. The van der Waals surface area contributed by atoms with Gasteiger partial charge in [0, 0.05) is 43.6 Å². The van der Waals surface area contributed by atoms with Crippen LogP contribution in [0.5, 0.6) is 5.75 Å². The number of nitrogens with zero attached hydrogens (tertiary/aromatic N) is 2. The average molecular weight is 528 g/mol. The van der Waals surface area contributed by atoms with E-state index in [1.807, 2.05) is 61.5 Å². The van der Waals surface area contributed by atoms with Crippen LogP contribution in [0, 0.1) is 6.92 Å². The molecule has 5 rings (SSSR count). The van der Waals surface area contributed by atoms with Gasteiger partial charge in [0.1, 0.15) is 17.5 Å². The summed E-state index contributed by atoms with van der Waals surface area (Å²) in [6.45, 7) is 3.20. The molecule has 3 aromatic carbocycles. The lowest BCUT2D eigenvalue weighted by atomic mass is 9.95. The van der Waals surface area contributed by atoms with E-state index in [0.717, 1.165) is 11.1 Å². The molecule has 8 nitrogen and oxygen atoms in total. The van der Waals surface area contributed by atoms with E-state index in [9.17, 15) is 14.4 Å². The molecule has 2 fully saturated rings. The van der Waals surface area contributed by atoms with E-state index in [-0.39, 0.29) is 24.3 Å². The lowest BCUT2D eigenvalue weighted by molar-refractivity contribution is -0.128. The maximum absolute atomic E-state index is 13.9. The highest BCUT2D eigenvalue weighted by atomic mass is 16.5. The normalized spacial score (nSPS) is 18.2. The fourth-order valence-electron chi connectivity index (χ4n) is 5.38. The third-order valence-corrected chi connectivity index (χ3v) is 7.64. The Kier molecular flexibility index (Phi) is 7.65. The van der Waals surface area contributed by atoms with Crippen molar-refractivity contribution in [1.82, 2.24) is 15.1 Å². The van der Waals surface area contributed by atoms with Gasteiger partial charge < -0.3 is 19.7 Å². The molecule has 2 aliphatic rings. The monoisotopic (exact) mass is 527 g/mol. The Bertz CT molecular complexity index is 1330. The maximum atomic E-state index is 13.9. The first-order valence-electron chi connectivity index (χ1n) is 13.2. The first kappa shape index (κ1) is 26.4. The van der Waals surface area contributed by atoms with E-state index in [1.54, 1.807) is 41.2 Å². The summed E-state index contributed by atoms with van der Waals surface area (Å²) < 4.78 is 11.6. The number of nitrogens with one attached hydrogen (secondary N) is 1. The minimum Gasteiger partial charge on any atom is -0.497 e. The summed E-state index contributed by atoms with van der Waals surface area (Å²) in [7, 11) is 1.57. The topological polar surface area (TPSA) is 88.2 Å². The summed E-state index contributed by atoms with van der Waals surface area (Å²) in [5.41, 5.74) is 2.03. The highest BCUT2D eigenvalue weighted by molar-refractivity contribution is 5.99. The minimum atomic E-state index is -0.978. The van der Waals surface area contributed by atoms with Gasteiger partial charge in [-0.3, -0.25) is 19.3 Å². The molecule has 1 N–H and O–H groups in total. The van der Waals surface area contributed by atoms with Crippen LogP contribution < -0.4 is 10.1 Å². The van der Waals surface area contributed by atoms with Crippen LogP contribution >= 0.6 is 0 Å². The molecule has 0 aliphatic carbocycles. The fourth-order valence-corrected chi connectivity index (χ4v) is 5.38. The van der Waals surface area contributed by atoms with E-state index in [1.165, 1.54) is 0 Å². The third kappa shape index (κ3) is 5.38. The predicted molar refractivity (Wildman–Crippen MR) is 146 cm³/mol. The zero-order valence-electron chi connectivity index (χ0n) is 22.3. The number of hydrogen-bond donors (Lipinski definition) is 1. The van der Waals surface area contributed by atoms with Crippen LogP contribution in [0.15, 0.2) is 78.9 Å². The van der Waals surface area contributed by atoms with E-state index in [2.05, 4.69) is 5.32 Å². The molecule has 2 aliphatic heterocycles. The largest absolute Gasteiger partial charge is 0.497 e. The van der Waals surface area contributed by atoms with Gasteiger partial charge in [-0.15, -0.1) is 0 Å². The summed E-state index contributed by atoms with van der Waals surface area (Å²) in [5.74, 6) is 0.0509. The first-order chi connectivity index (χ1) is 18.9. The lowest BCUT2D eigenvalue weighted by Crippen LogP contribution is -2.59. The molecule has 0 saturated carbocycles. The Labute approximate surface area is 228 Å². The van der Waals surface area contributed by atoms with Gasteiger partial charge in [-0.1, -0.05) is 48.5 Å². The van der Waals surface area contributed by atoms with E-state index in [0.29, 0.717) is 49.4 Å². The zero-order chi connectivity index (χ0) is 27.4. The summed E-state index contributed by atoms with van der Waals surface area (Å²) in [6, 6.07) is 23.2. The molecule has 1 spiro atoms. The first-order valence-corrected chi connectivity index (χ1v) is 13.2. The van der Waals surface area contributed by atoms with Crippen LogP contribution in [0.3, 0.4) is 0 Å². The number of carbonyl (C=O) groups is 3. The van der Waals surface area contributed by atoms with Gasteiger partial charge in [-0.05, 0) is 48.4 Å². The SMILES string of the molecule is COc1ccc(C(=O)N2[C@@H](C(=O)NCc3ccccc3)COC23CCN(C(=O)c2ccccc2C)CC3)cc1. The highest BCUT2D eigenvalue weighted by Gasteiger charge is 2.54. The number of carbonyl (C=O) groups excluding carboxylic acids is 3. The Morgan fingerprint density at radius 2 is 1.59 bits per heavy atom. The van der Waals surface area contributed by atoms with E-state index in [4.69, 9.17) is 9.47 Å². The van der Waals surface area contributed by atoms with Crippen molar-refractivity contribution < 1.29 is 23.9 Å².